The van der Waals surface area contributed by atoms with Gasteiger partial charge in [-0.1, -0.05) is 13.8 Å². The fraction of sp³-hybridized carbons (Fsp3) is 0.500. The first-order chi connectivity index (χ1) is 8.58. The Morgan fingerprint density at radius 2 is 2.33 bits per heavy atom. The van der Waals surface area contributed by atoms with Gasteiger partial charge in [-0.15, -0.1) is 0 Å². The molecule has 0 spiro atoms. The number of aromatic nitrogens is 3. The molecule has 18 heavy (non-hydrogen) atoms. The first-order valence-corrected chi connectivity index (χ1v) is 6.40. The van der Waals surface area contributed by atoms with Crippen LogP contribution in [0.4, 0.5) is 0 Å². The van der Waals surface area contributed by atoms with Gasteiger partial charge in [-0.25, -0.2) is 4.98 Å². The second-order valence-corrected chi connectivity index (χ2v) is 5.32. The van der Waals surface area contributed by atoms with E-state index in [-0.39, 0.29) is 11.3 Å². The highest BCUT2D eigenvalue weighted by atomic mass is 35.5. The van der Waals surface area contributed by atoms with E-state index in [1.807, 2.05) is 6.07 Å². The average Bonchev–Trinajstić information content (AvgIpc) is 2.69. The largest absolute Gasteiger partial charge is 0.373 e. The molecule has 0 saturated carbocycles. The Kier molecular flexibility index (Phi) is 2.77. The third-order valence-electron chi connectivity index (χ3n) is 3.48. The average molecular weight is 267 g/mol. The number of rotatable bonds is 1. The van der Waals surface area contributed by atoms with Crippen molar-refractivity contribution in [1.82, 2.24) is 19.9 Å². The van der Waals surface area contributed by atoms with Crippen molar-refractivity contribution in [3.63, 3.8) is 0 Å². The number of aliphatic hydroxyl groups is 1. The van der Waals surface area contributed by atoms with Crippen LogP contribution >= 0.6 is 11.6 Å². The highest BCUT2D eigenvalue weighted by molar-refractivity contribution is 6.28. The van der Waals surface area contributed by atoms with Crippen LogP contribution in [-0.2, 0) is 0 Å². The van der Waals surface area contributed by atoms with Crippen LogP contribution in [-0.4, -0.2) is 26.2 Å². The molecular weight excluding hydrogens is 252 g/mol. The molecule has 2 aromatic heterocycles. The number of hydrogen-bond donors (Lipinski definition) is 2. The van der Waals surface area contributed by atoms with Crippen molar-refractivity contribution in [2.24, 2.45) is 5.92 Å². The molecule has 0 bridgehead atoms. The highest BCUT2D eigenvalue weighted by Gasteiger charge is 2.29. The molecule has 0 aromatic carbocycles. The summed E-state index contributed by atoms with van der Waals surface area (Å²) in [6, 6.07) is 2.17. The van der Waals surface area contributed by atoms with Gasteiger partial charge in [0, 0.05) is 18.1 Å². The van der Waals surface area contributed by atoms with Gasteiger partial charge < -0.3 is 9.67 Å². The van der Waals surface area contributed by atoms with Gasteiger partial charge in [0.15, 0.2) is 0 Å². The van der Waals surface area contributed by atoms with E-state index in [9.17, 15) is 5.11 Å². The number of aliphatic hydroxyl groups excluding tert-OH is 1. The van der Waals surface area contributed by atoms with Crippen molar-refractivity contribution < 1.29 is 5.11 Å². The minimum absolute atomic E-state index is 0.235. The van der Waals surface area contributed by atoms with Crippen molar-refractivity contribution in [3.8, 4) is 0 Å². The monoisotopic (exact) mass is 266 g/mol. The molecule has 0 fully saturated rings. The maximum Gasteiger partial charge on any atom is 0.224 e. The van der Waals surface area contributed by atoms with Crippen LogP contribution in [0.25, 0.3) is 11.0 Å². The number of hydrogen-bond acceptors (Lipinski definition) is 4. The second kappa shape index (κ2) is 4.19. The smallest absolute Gasteiger partial charge is 0.224 e. The second-order valence-electron chi connectivity index (χ2n) is 4.98. The molecule has 3 rings (SSSR count). The first-order valence-electron chi connectivity index (χ1n) is 6.02. The lowest BCUT2D eigenvalue weighted by Gasteiger charge is -2.33. The van der Waals surface area contributed by atoms with Gasteiger partial charge in [0.2, 0.25) is 5.28 Å². The van der Waals surface area contributed by atoms with E-state index in [0.717, 1.165) is 23.3 Å². The molecule has 1 aliphatic heterocycles. The first kappa shape index (κ1) is 11.9. The number of fused-ring (bicyclic) bond motifs is 3. The molecule has 1 unspecified atom stereocenters. The van der Waals surface area contributed by atoms with E-state index < -0.39 is 6.23 Å². The summed E-state index contributed by atoms with van der Waals surface area (Å²) in [5, 5.41) is 14.3. The Morgan fingerprint density at radius 3 is 3.06 bits per heavy atom. The highest BCUT2D eigenvalue weighted by Crippen LogP contribution is 2.32. The number of nitrogens with one attached hydrogen (secondary N) is 1. The summed E-state index contributed by atoms with van der Waals surface area (Å²) in [5.74, 6) is 0.438. The number of nitrogens with zero attached hydrogens (tertiary/aromatic N) is 3. The van der Waals surface area contributed by atoms with E-state index >= 15 is 0 Å². The van der Waals surface area contributed by atoms with Gasteiger partial charge in [-0.3, -0.25) is 5.32 Å². The van der Waals surface area contributed by atoms with E-state index in [0.29, 0.717) is 5.92 Å². The summed E-state index contributed by atoms with van der Waals surface area (Å²) in [5.41, 5.74) is 1.62. The topological polar surface area (TPSA) is 63.0 Å². The van der Waals surface area contributed by atoms with Gasteiger partial charge in [-0.05, 0) is 23.6 Å². The summed E-state index contributed by atoms with van der Waals surface area (Å²) in [7, 11) is 0. The molecule has 5 nitrogen and oxygen atoms in total. The molecule has 2 atom stereocenters. The summed E-state index contributed by atoms with van der Waals surface area (Å²) < 4.78 is 2.08. The van der Waals surface area contributed by atoms with Crippen LogP contribution < -0.4 is 5.32 Å². The molecule has 0 aliphatic carbocycles. The van der Waals surface area contributed by atoms with Crippen LogP contribution in [0.3, 0.4) is 0 Å². The summed E-state index contributed by atoms with van der Waals surface area (Å²) in [4.78, 5) is 8.28. The molecule has 3 heterocycles. The lowest BCUT2D eigenvalue weighted by Crippen LogP contribution is -2.39. The van der Waals surface area contributed by atoms with Crippen LogP contribution in [0, 0.1) is 5.92 Å². The minimum Gasteiger partial charge on any atom is -0.373 e. The fourth-order valence-electron chi connectivity index (χ4n) is 2.53. The standard InChI is InChI=1S/C12H15ClN4O/c1-6(2)9-5-14-11(18)8-3-7-4-15-12(13)16-10(7)17(8)9/h3-4,6,9,11,14,18H,5H2,1-2H3/t9-,11?/m1/s1. The zero-order valence-corrected chi connectivity index (χ0v) is 11.0. The maximum absolute atomic E-state index is 10.0. The van der Waals surface area contributed by atoms with Crippen molar-refractivity contribution in [2.45, 2.75) is 26.1 Å². The molecule has 2 aromatic rings. The van der Waals surface area contributed by atoms with Crippen LogP contribution in [0.5, 0.6) is 0 Å². The normalized spacial score (nSPS) is 23.6. The van der Waals surface area contributed by atoms with Crippen LogP contribution in [0.1, 0.15) is 31.8 Å². The quantitative estimate of drug-likeness (QED) is 0.774. The third-order valence-corrected chi connectivity index (χ3v) is 3.66. The molecule has 0 radical (unpaired) electrons. The summed E-state index contributed by atoms with van der Waals surface area (Å²) in [6.07, 6.45) is 1.04. The maximum atomic E-state index is 10.0. The Bertz CT molecular complexity index is 595. The Morgan fingerprint density at radius 1 is 1.56 bits per heavy atom. The third kappa shape index (κ3) is 1.70. The predicted molar refractivity (Wildman–Crippen MR) is 69.4 cm³/mol. The van der Waals surface area contributed by atoms with E-state index in [1.165, 1.54) is 0 Å². The van der Waals surface area contributed by atoms with Gasteiger partial charge in [0.1, 0.15) is 11.9 Å². The van der Waals surface area contributed by atoms with Crippen molar-refractivity contribution >= 4 is 22.6 Å². The molecule has 6 heteroatoms. The molecule has 96 valence electrons. The van der Waals surface area contributed by atoms with Gasteiger partial charge in [0.25, 0.3) is 0 Å². The number of halogens is 1. The van der Waals surface area contributed by atoms with Crippen LogP contribution in [0.15, 0.2) is 12.3 Å². The minimum atomic E-state index is -0.659. The SMILES string of the molecule is CC(C)[C@H]1CNC(O)c2cc3cnc(Cl)nc3n21. The van der Waals surface area contributed by atoms with E-state index in [1.54, 1.807) is 6.20 Å². The summed E-state index contributed by atoms with van der Waals surface area (Å²) >= 11 is 5.87. The Balaban J connectivity index is 2.28. The molecule has 0 amide bonds. The Labute approximate surface area is 110 Å². The lowest BCUT2D eigenvalue weighted by atomic mass is 10.0. The predicted octanol–water partition coefficient (Wildman–Crippen LogP) is 1.88. The Hall–Kier alpha value is -1.17. The van der Waals surface area contributed by atoms with Crippen molar-refractivity contribution in [2.75, 3.05) is 6.54 Å². The van der Waals surface area contributed by atoms with E-state index in [2.05, 4.69) is 33.7 Å². The molecule has 0 saturated heterocycles. The van der Waals surface area contributed by atoms with Gasteiger partial charge in [-0.2, -0.15) is 4.98 Å². The fourth-order valence-corrected chi connectivity index (χ4v) is 2.66. The van der Waals surface area contributed by atoms with Gasteiger partial charge in [0.05, 0.1) is 11.7 Å². The molecule has 2 N–H and O–H groups in total. The van der Waals surface area contributed by atoms with Crippen LogP contribution in [0.2, 0.25) is 5.28 Å². The lowest BCUT2D eigenvalue weighted by molar-refractivity contribution is 0.0972. The van der Waals surface area contributed by atoms with Gasteiger partial charge >= 0.3 is 0 Å². The van der Waals surface area contributed by atoms with Crippen molar-refractivity contribution in [1.29, 1.82) is 0 Å². The van der Waals surface area contributed by atoms with Crippen molar-refractivity contribution in [3.05, 3.63) is 23.2 Å². The zero-order chi connectivity index (χ0) is 12.9. The molecular formula is C12H15ClN4O. The summed E-state index contributed by atoms with van der Waals surface area (Å²) in [6.45, 7) is 5.03. The van der Waals surface area contributed by atoms with E-state index in [4.69, 9.17) is 11.6 Å². The zero-order valence-electron chi connectivity index (χ0n) is 10.3. The molecule has 1 aliphatic rings.